The number of thioether (sulfide) groups is 1. The van der Waals surface area contributed by atoms with Crippen molar-refractivity contribution in [3.8, 4) is 0 Å². The Balaban J connectivity index is 1.86. The second kappa shape index (κ2) is 11.1. The minimum atomic E-state index is -0.879. The van der Waals surface area contributed by atoms with E-state index in [4.69, 9.17) is 16.3 Å². The van der Waals surface area contributed by atoms with Gasteiger partial charge in [-0.2, -0.15) is 0 Å². The minimum Gasteiger partial charge on any atom is -0.461 e. The van der Waals surface area contributed by atoms with Crippen LogP contribution in [0.2, 0.25) is 5.02 Å². The first kappa shape index (κ1) is 28.7. The summed E-state index contributed by atoms with van der Waals surface area (Å²) in [5.41, 5.74) is 0.529. The fourth-order valence-electron chi connectivity index (χ4n) is 6.70. The van der Waals surface area contributed by atoms with Crippen LogP contribution in [0.1, 0.15) is 40.0 Å². The van der Waals surface area contributed by atoms with Crippen LogP contribution >= 0.6 is 23.4 Å². The Kier molecular flexibility index (Phi) is 8.36. The van der Waals surface area contributed by atoms with Gasteiger partial charge >= 0.3 is 5.97 Å². The zero-order chi connectivity index (χ0) is 27.8. The molecule has 4 rings (SSSR count). The van der Waals surface area contributed by atoms with Crippen molar-refractivity contribution in [2.75, 3.05) is 24.7 Å². The van der Waals surface area contributed by atoms with Gasteiger partial charge in [-0.3, -0.25) is 14.4 Å². The monoisotopic (exact) mass is 560 g/mol. The van der Waals surface area contributed by atoms with Crippen molar-refractivity contribution in [1.29, 1.82) is 0 Å². The number of anilines is 1. The zero-order valence-corrected chi connectivity index (χ0v) is 23.8. The summed E-state index contributed by atoms with van der Waals surface area (Å²) in [5, 5.41) is 10.9. The van der Waals surface area contributed by atoms with Crippen molar-refractivity contribution in [3.05, 3.63) is 54.6 Å². The third-order valence-corrected chi connectivity index (χ3v) is 10.4. The second-order valence-electron chi connectivity index (χ2n) is 11.0. The first-order valence-corrected chi connectivity index (χ1v) is 14.3. The average molecular weight is 561 g/mol. The van der Waals surface area contributed by atoms with E-state index in [1.807, 2.05) is 20.8 Å². The Hall–Kier alpha value is -2.29. The molecule has 1 spiro atoms. The van der Waals surface area contributed by atoms with Gasteiger partial charge in [0, 0.05) is 11.3 Å². The predicted molar refractivity (Wildman–Crippen MR) is 151 cm³/mol. The van der Waals surface area contributed by atoms with Crippen molar-refractivity contribution < 1.29 is 24.2 Å². The Bertz CT molecular complexity index is 1130. The Labute approximate surface area is 234 Å². The number of rotatable bonds is 11. The molecule has 6 atom stereocenters. The average Bonchev–Trinajstić information content (AvgIpc) is 3.45. The van der Waals surface area contributed by atoms with Gasteiger partial charge in [-0.05, 0) is 44.2 Å². The highest BCUT2D eigenvalue weighted by molar-refractivity contribution is 8.02. The van der Waals surface area contributed by atoms with E-state index in [9.17, 15) is 19.5 Å². The second-order valence-corrected chi connectivity index (χ2v) is 13.4. The number of benzene rings is 1. The SMILES string of the molecule is C=CCOC(=O)[C@@H]1[C@H]2C(=O)N([C@@H](CO)CC(C)C)C(C(=O)N(CC=C)c3ccccc3Cl)C23CC[C@@]1(C)S3. The molecule has 2 unspecified atom stereocenters. The van der Waals surface area contributed by atoms with Crippen molar-refractivity contribution in [2.45, 2.75) is 61.6 Å². The van der Waals surface area contributed by atoms with E-state index in [0.29, 0.717) is 30.0 Å². The molecule has 3 saturated heterocycles. The fraction of sp³-hybridized carbons (Fsp3) is 0.552. The number of halogens is 1. The summed E-state index contributed by atoms with van der Waals surface area (Å²) >= 11 is 8.10. The first-order chi connectivity index (χ1) is 18.1. The molecule has 3 fully saturated rings. The normalized spacial score (nSPS) is 30.3. The number of amides is 2. The van der Waals surface area contributed by atoms with Gasteiger partial charge in [0.05, 0.1) is 39.9 Å². The number of para-hydroxylation sites is 1. The van der Waals surface area contributed by atoms with Gasteiger partial charge < -0.3 is 19.6 Å². The molecule has 0 aromatic heterocycles. The number of carbonyl (C=O) groups is 3. The minimum absolute atomic E-state index is 0.0578. The number of hydrogen-bond donors (Lipinski definition) is 1. The van der Waals surface area contributed by atoms with E-state index in [2.05, 4.69) is 13.2 Å². The van der Waals surface area contributed by atoms with Crippen LogP contribution < -0.4 is 4.90 Å². The quantitative estimate of drug-likeness (QED) is 0.317. The zero-order valence-electron chi connectivity index (χ0n) is 22.3. The molecule has 3 aliphatic heterocycles. The van der Waals surface area contributed by atoms with Gasteiger partial charge in [-0.15, -0.1) is 18.3 Å². The number of nitrogens with zero attached hydrogens (tertiary/aromatic N) is 2. The van der Waals surface area contributed by atoms with E-state index < -0.39 is 39.4 Å². The molecule has 1 N–H and O–H groups in total. The van der Waals surface area contributed by atoms with E-state index in [-0.39, 0.29) is 37.5 Å². The summed E-state index contributed by atoms with van der Waals surface area (Å²) in [6.45, 7) is 13.5. The molecular formula is C29H37ClN2O5S. The highest BCUT2D eigenvalue weighted by atomic mass is 35.5. The van der Waals surface area contributed by atoms with E-state index in [1.54, 1.807) is 51.9 Å². The largest absolute Gasteiger partial charge is 0.461 e. The van der Waals surface area contributed by atoms with Crippen LogP contribution in [0.4, 0.5) is 5.69 Å². The third kappa shape index (κ3) is 4.58. The topological polar surface area (TPSA) is 87.1 Å². The number of esters is 1. The highest BCUT2D eigenvalue weighted by Crippen LogP contribution is 2.72. The number of hydrogen-bond acceptors (Lipinski definition) is 6. The van der Waals surface area contributed by atoms with E-state index in [1.165, 1.54) is 6.08 Å². The molecule has 2 bridgehead atoms. The summed E-state index contributed by atoms with van der Waals surface area (Å²) in [5.74, 6) is -2.23. The molecule has 1 aromatic carbocycles. The van der Waals surface area contributed by atoms with Crippen molar-refractivity contribution in [3.63, 3.8) is 0 Å². The molecule has 3 aliphatic rings. The van der Waals surface area contributed by atoms with Gasteiger partial charge in [-0.1, -0.05) is 56.3 Å². The van der Waals surface area contributed by atoms with Gasteiger partial charge in [0.1, 0.15) is 12.6 Å². The van der Waals surface area contributed by atoms with Crippen LogP contribution in [0, 0.1) is 17.8 Å². The summed E-state index contributed by atoms with van der Waals surface area (Å²) < 4.78 is 4.12. The molecule has 9 heteroatoms. The molecule has 206 valence electrons. The molecule has 0 aliphatic carbocycles. The molecule has 1 aromatic rings. The third-order valence-electron chi connectivity index (χ3n) is 8.11. The van der Waals surface area contributed by atoms with Crippen LogP contribution in [-0.2, 0) is 19.1 Å². The predicted octanol–water partition coefficient (Wildman–Crippen LogP) is 4.48. The van der Waals surface area contributed by atoms with Crippen LogP contribution in [0.3, 0.4) is 0 Å². The smallest absolute Gasteiger partial charge is 0.311 e. The van der Waals surface area contributed by atoms with Crippen LogP contribution in [0.5, 0.6) is 0 Å². The lowest BCUT2D eigenvalue weighted by molar-refractivity contribution is -0.155. The molecule has 38 heavy (non-hydrogen) atoms. The van der Waals surface area contributed by atoms with Crippen molar-refractivity contribution >= 4 is 46.8 Å². The fourth-order valence-corrected chi connectivity index (χ4v) is 9.26. The maximum absolute atomic E-state index is 14.6. The first-order valence-electron chi connectivity index (χ1n) is 13.1. The highest BCUT2D eigenvalue weighted by Gasteiger charge is 2.78. The molecule has 3 heterocycles. The number of ether oxygens (including phenoxy) is 1. The molecule has 7 nitrogen and oxygen atoms in total. The number of aliphatic hydroxyl groups is 1. The molecule has 0 radical (unpaired) electrons. The lowest BCUT2D eigenvalue weighted by atomic mass is 9.66. The van der Waals surface area contributed by atoms with Gasteiger partial charge in [0.2, 0.25) is 5.91 Å². The number of aliphatic hydroxyl groups excluding tert-OH is 1. The van der Waals surface area contributed by atoms with E-state index in [0.717, 1.165) is 0 Å². The molecule has 2 amide bonds. The van der Waals surface area contributed by atoms with E-state index >= 15 is 0 Å². The van der Waals surface area contributed by atoms with Crippen molar-refractivity contribution in [2.24, 2.45) is 17.8 Å². The summed E-state index contributed by atoms with van der Waals surface area (Å²) in [7, 11) is 0. The maximum Gasteiger partial charge on any atom is 0.311 e. The lowest BCUT2D eigenvalue weighted by Crippen LogP contribution is -2.58. The maximum atomic E-state index is 14.6. The Morgan fingerprint density at radius 2 is 2.00 bits per heavy atom. The Morgan fingerprint density at radius 3 is 2.61 bits per heavy atom. The standard InChI is InChI=1S/C29H37ClN2O5S/c1-6-14-31(21-11-9-8-10-20(21)30)26(35)24-29-13-12-28(5,38-29)23(27(36)37-15-7-2)22(29)25(34)32(24)19(17-33)16-18(3)4/h6-11,18-19,22-24,33H,1-2,12-17H2,3-5H3/t19-,22+,23+,24?,28-,29?/m1/s1. The Morgan fingerprint density at radius 1 is 1.29 bits per heavy atom. The van der Waals surface area contributed by atoms with Crippen LogP contribution in [-0.4, -0.2) is 69.1 Å². The molecule has 0 saturated carbocycles. The van der Waals surface area contributed by atoms with Gasteiger partial charge in [0.25, 0.3) is 5.91 Å². The van der Waals surface area contributed by atoms with Gasteiger partial charge in [0.15, 0.2) is 0 Å². The number of fused-ring (bicyclic) bond motifs is 1. The lowest BCUT2D eigenvalue weighted by Gasteiger charge is -2.40. The van der Waals surface area contributed by atoms with Gasteiger partial charge in [-0.25, -0.2) is 0 Å². The summed E-state index contributed by atoms with van der Waals surface area (Å²) in [6.07, 6.45) is 4.94. The number of likely N-dealkylation sites (tertiary alicyclic amines) is 1. The van der Waals surface area contributed by atoms with Crippen LogP contribution in [0.25, 0.3) is 0 Å². The van der Waals surface area contributed by atoms with Crippen LogP contribution in [0.15, 0.2) is 49.6 Å². The van der Waals surface area contributed by atoms with Crippen molar-refractivity contribution in [1.82, 2.24) is 4.90 Å². The summed E-state index contributed by atoms with van der Waals surface area (Å²) in [4.78, 5) is 45.5. The summed E-state index contributed by atoms with van der Waals surface area (Å²) in [6, 6.07) is 5.65. The number of carbonyl (C=O) groups excluding carboxylic acids is 3. The molecular weight excluding hydrogens is 524 g/mol.